The minimum absolute atomic E-state index is 0.186. The van der Waals surface area contributed by atoms with E-state index in [9.17, 15) is 4.79 Å². The lowest BCUT2D eigenvalue weighted by Gasteiger charge is -2.15. The molecule has 0 saturated heterocycles. The molecular formula is C14H18N4O2. The minimum atomic E-state index is -0.186. The van der Waals surface area contributed by atoms with Crippen molar-refractivity contribution in [2.24, 2.45) is 0 Å². The molecule has 6 nitrogen and oxygen atoms in total. The highest BCUT2D eigenvalue weighted by Crippen LogP contribution is 2.08. The van der Waals surface area contributed by atoms with Crippen LogP contribution in [0.4, 0.5) is 0 Å². The predicted molar refractivity (Wildman–Crippen MR) is 74.6 cm³/mol. The van der Waals surface area contributed by atoms with Gasteiger partial charge in [0, 0.05) is 13.6 Å². The van der Waals surface area contributed by atoms with Crippen molar-refractivity contribution in [3.63, 3.8) is 0 Å². The van der Waals surface area contributed by atoms with E-state index in [2.05, 4.69) is 15.2 Å². The van der Waals surface area contributed by atoms with Gasteiger partial charge in [-0.1, -0.05) is 18.2 Å². The van der Waals surface area contributed by atoms with E-state index in [0.29, 0.717) is 19.0 Å². The molecule has 0 radical (unpaired) electrons. The number of carbonyl (C=O) groups is 1. The van der Waals surface area contributed by atoms with Crippen LogP contribution in [0.15, 0.2) is 30.3 Å². The molecule has 0 unspecified atom stereocenters. The van der Waals surface area contributed by atoms with Crippen LogP contribution in [0.5, 0.6) is 5.75 Å². The number of nitrogens with one attached hydrogen (secondary N) is 1. The number of aromatic nitrogens is 3. The Morgan fingerprint density at radius 3 is 2.75 bits per heavy atom. The number of nitrogens with zero attached hydrogens (tertiary/aromatic N) is 3. The normalized spacial score (nSPS) is 10.3. The topological polar surface area (TPSA) is 71.1 Å². The molecule has 0 spiro atoms. The molecular weight excluding hydrogens is 256 g/mol. The third-order valence-electron chi connectivity index (χ3n) is 2.78. The second-order valence-corrected chi connectivity index (χ2v) is 4.49. The van der Waals surface area contributed by atoms with E-state index in [1.807, 2.05) is 30.3 Å². The fourth-order valence-corrected chi connectivity index (χ4v) is 1.72. The van der Waals surface area contributed by atoms with Crippen molar-refractivity contribution in [1.82, 2.24) is 20.1 Å². The van der Waals surface area contributed by atoms with E-state index in [1.165, 1.54) is 0 Å². The average molecular weight is 274 g/mol. The number of benzene rings is 1. The Balaban J connectivity index is 1.72. The molecule has 2 rings (SSSR count). The summed E-state index contributed by atoms with van der Waals surface area (Å²) in [4.78, 5) is 17.6. The maximum absolute atomic E-state index is 12.0. The van der Waals surface area contributed by atoms with Gasteiger partial charge in [0.05, 0.1) is 6.61 Å². The van der Waals surface area contributed by atoms with Crippen LogP contribution < -0.4 is 4.74 Å². The second kappa shape index (κ2) is 6.70. The quantitative estimate of drug-likeness (QED) is 0.813. The Labute approximate surface area is 117 Å². The molecule has 0 aliphatic rings. The molecule has 20 heavy (non-hydrogen) atoms. The number of aryl methyl sites for hydroxylation is 1. The molecule has 106 valence electrons. The van der Waals surface area contributed by atoms with E-state index in [-0.39, 0.29) is 11.7 Å². The van der Waals surface area contributed by atoms with Gasteiger partial charge in [-0.15, -0.1) is 5.10 Å². The van der Waals surface area contributed by atoms with Crippen LogP contribution in [0, 0.1) is 6.92 Å². The zero-order valence-electron chi connectivity index (χ0n) is 11.7. The first-order chi connectivity index (χ1) is 9.66. The van der Waals surface area contributed by atoms with Crippen molar-refractivity contribution in [3.8, 4) is 5.75 Å². The Bertz CT molecular complexity index is 553. The Morgan fingerprint density at radius 1 is 1.35 bits per heavy atom. The van der Waals surface area contributed by atoms with Crippen molar-refractivity contribution in [1.29, 1.82) is 0 Å². The van der Waals surface area contributed by atoms with Gasteiger partial charge in [-0.3, -0.25) is 9.89 Å². The molecule has 2 aromatic rings. The van der Waals surface area contributed by atoms with Crippen LogP contribution in [0.3, 0.4) is 0 Å². The monoisotopic (exact) mass is 274 g/mol. The molecule has 6 heteroatoms. The highest BCUT2D eigenvalue weighted by molar-refractivity contribution is 5.90. The number of amides is 1. The van der Waals surface area contributed by atoms with Gasteiger partial charge in [-0.2, -0.15) is 0 Å². The smallest absolute Gasteiger partial charge is 0.293 e. The van der Waals surface area contributed by atoms with Gasteiger partial charge in [-0.25, -0.2) is 4.98 Å². The number of hydrogen-bond acceptors (Lipinski definition) is 4. The second-order valence-electron chi connectivity index (χ2n) is 4.49. The highest BCUT2D eigenvalue weighted by Gasteiger charge is 2.15. The molecule has 0 saturated carbocycles. The summed E-state index contributed by atoms with van der Waals surface area (Å²) in [6.07, 6.45) is 0.751. The van der Waals surface area contributed by atoms with Crippen LogP contribution in [0.2, 0.25) is 0 Å². The fraction of sp³-hybridized carbons (Fsp3) is 0.357. The van der Waals surface area contributed by atoms with Gasteiger partial charge in [0.15, 0.2) is 0 Å². The predicted octanol–water partition coefficient (Wildman–Crippen LogP) is 1.65. The first kappa shape index (κ1) is 14.0. The first-order valence-corrected chi connectivity index (χ1v) is 6.49. The van der Waals surface area contributed by atoms with E-state index >= 15 is 0 Å². The third kappa shape index (κ3) is 3.81. The van der Waals surface area contributed by atoms with Crippen molar-refractivity contribution in [3.05, 3.63) is 42.0 Å². The summed E-state index contributed by atoms with van der Waals surface area (Å²) < 4.78 is 5.57. The van der Waals surface area contributed by atoms with Gasteiger partial charge in [0.2, 0.25) is 5.82 Å². The zero-order valence-corrected chi connectivity index (χ0v) is 11.7. The Kier molecular flexibility index (Phi) is 4.70. The maximum Gasteiger partial charge on any atom is 0.293 e. The standard InChI is InChI=1S/C14H18N4O2/c1-11-15-13(17-16-11)14(19)18(2)9-6-10-20-12-7-4-3-5-8-12/h3-5,7-8H,6,9-10H2,1-2H3,(H,15,16,17). The summed E-state index contributed by atoms with van der Waals surface area (Å²) in [5, 5.41) is 6.51. The number of carbonyl (C=O) groups excluding carboxylic acids is 1. The molecule has 0 fully saturated rings. The molecule has 1 aromatic carbocycles. The largest absolute Gasteiger partial charge is 0.494 e. The average Bonchev–Trinajstić information content (AvgIpc) is 2.90. The Hall–Kier alpha value is -2.37. The van der Waals surface area contributed by atoms with Crippen LogP contribution in [-0.2, 0) is 0 Å². The van der Waals surface area contributed by atoms with Gasteiger partial charge < -0.3 is 9.64 Å². The van der Waals surface area contributed by atoms with Crippen LogP contribution in [-0.4, -0.2) is 46.2 Å². The first-order valence-electron chi connectivity index (χ1n) is 6.49. The van der Waals surface area contributed by atoms with Crippen molar-refractivity contribution >= 4 is 5.91 Å². The molecule has 1 heterocycles. The van der Waals surface area contributed by atoms with Crippen LogP contribution >= 0.6 is 0 Å². The number of ether oxygens (including phenoxy) is 1. The number of aromatic amines is 1. The summed E-state index contributed by atoms with van der Waals surface area (Å²) in [6, 6.07) is 9.61. The number of rotatable bonds is 6. The van der Waals surface area contributed by atoms with Gasteiger partial charge in [0.25, 0.3) is 5.91 Å². The number of hydrogen-bond donors (Lipinski definition) is 1. The number of para-hydroxylation sites is 1. The lowest BCUT2D eigenvalue weighted by molar-refractivity contribution is 0.0776. The van der Waals surface area contributed by atoms with Crippen molar-refractivity contribution < 1.29 is 9.53 Å². The fourth-order valence-electron chi connectivity index (χ4n) is 1.72. The summed E-state index contributed by atoms with van der Waals surface area (Å²) in [5.41, 5.74) is 0. The lowest BCUT2D eigenvalue weighted by Crippen LogP contribution is -2.29. The molecule has 0 aliphatic carbocycles. The molecule has 1 amide bonds. The molecule has 1 aromatic heterocycles. The van der Waals surface area contributed by atoms with E-state index in [4.69, 9.17) is 4.74 Å². The SMILES string of the molecule is Cc1nc(C(=O)N(C)CCCOc2ccccc2)n[nH]1. The van der Waals surface area contributed by atoms with E-state index in [1.54, 1.807) is 18.9 Å². The molecule has 1 N–H and O–H groups in total. The number of H-pyrrole nitrogens is 1. The lowest BCUT2D eigenvalue weighted by atomic mass is 10.3. The third-order valence-corrected chi connectivity index (χ3v) is 2.78. The summed E-state index contributed by atoms with van der Waals surface area (Å²) in [5.74, 6) is 1.49. The Morgan fingerprint density at radius 2 is 2.10 bits per heavy atom. The molecule has 0 atom stereocenters. The van der Waals surface area contributed by atoms with Gasteiger partial charge in [-0.05, 0) is 25.5 Å². The maximum atomic E-state index is 12.0. The van der Waals surface area contributed by atoms with Crippen molar-refractivity contribution in [2.45, 2.75) is 13.3 Å². The van der Waals surface area contributed by atoms with Gasteiger partial charge in [0.1, 0.15) is 11.6 Å². The summed E-state index contributed by atoms with van der Waals surface area (Å²) in [7, 11) is 1.73. The van der Waals surface area contributed by atoms with Crippen LogP contribution in [0.1, 0.15) is 22.9 Å². The van der Waals surface area contributed by atoms with Crippen molar-refractivity contribution in [2.75, 3.05) is 20.2 Å². The minimum Gasteiger partial charge on any atom is -0.494 e. The highest BCUT2D eigenvalue weighted by atomic mass is 16.5. The van der Waals surface area contributed by atoms with E-state index < -0.39 is 0 Å². The summed E-state index contributed by atoms with van der Waals surface area (Å²) in [6.45, 7) is 2.92. The van der Waals surface area contributed by atoms with Gasteiger partial charge >= 0.3 is 0 Å². The van der Waals surface area contributed by atoms with Crippen LogP contribution in [0.25, 0.3) is 0 Å². The summed E-state index contributed by atoms with van der Waals surface area (Å²) >= 11 is 0. The molecule has 0 aliphatic heterocycles. The zero-order chi connectivity index (χ0) is 14.4. The molecule has 0 bridgehead atoms. The van der Waals surface area contributed by atoms with E-state index in [0.717, 1.165) is 12.2 Å².